The molecule has 0 atom stereocenters. The summed E-state index contributed by atoms with van der Waals surface area (Å²) in [6, 6.07) is 9.10. The Balaban J connectivity index is 2.06. The molecule has 0 amide bonds. The fraction of sp³-hybridized carbons (Fsp3) is 0.143. The van der Waals surface area contributed by atoms with Gasteiger partial charge in [-0.05, 0) is 24.1 Å². The Bertz CT molecular complexity index is 712. The molecule has 21 heavy (non-hydrogen) atoms. The van der Waals surface area contributed by atoms with E-state index in [1.807, 2.05) is 0 Å². The molecular formula is C14H11FN4O2. The molecule has 0 aliphatic rings. The highest BCUT2D eigenvalue weighted by Crippen LogP contribution is 2.22. The Morgan fingerprint density at radius 2 is 2.24 bits per heavy atom. The Labute approximate surface area is 120 Å². The van der Waals surface area contributed by atoms with Crippen molar-refractivity contribution < 1.29 is 9.31 Å². The van der Waals surface area contributed by atoms with Gasteiger partial charge < -0.3 is 5.32 Å². The van der Waals surface area contributed by atoms with E-state index in [4.69, 9.17) is 5.26 Å². The number of hydrogen-bond acceptors (Lipinski definition) is 5. The predicted octanol–water partition coefficient (Wildman–Crippen LogP) is 2.66. The van der Waals surface area contributed by atoms with E-state index in [1.165, 1.54) is 18.3 Å². The number of nitrogens with one attached hydrogen (secondary N) is 1. The summed E-state index contributed by atoms with van der Waals surface area (Å²) in [6.07, 6.45) is 1.76. The van der Waals surface area contributed by atoms with Gasteiger partial charge in [-0.1, -0.05) is 12.1 Å². The zero-order valence-corrected chi connectivity index (χ0v) is 10.9. The second kappa shape index (κ2) is 6.43. The maximum Gasteiger partial charge on any atom is 0.312 e. The van der Waals surface area contributed by atoms with E-state index >= 15 is 0 Å². The summed E-state index contributed by atoms with van der Waals surface area (Å²) < 4.78 is 13.0. The Morgan fingerprint density at radius 3 is 2.90 bits per heavy atom. The van der Waals surface area contributed by atoms with Gasteiger partial charge in [0.05, 0.1) is 10.5 Å². The van der Waals surface area contributed by atoms with Gasteiger partial charge in [0.2, 0.25) is 5.82 Å². The molecule has 6 nitrogen and oxygen atoms in total. The molecule has 0 spiro atoms. The molecule has 0 saturated carbocycles. The van der Waals surface area contributed by atoms with Crippen LogP contribution in [0.25, 0.3) is 0 Å². The van der Waals surface area contributed by atoms with E-state index < -0.39 is 4.92 Å². The molecule has 1 N–H and O–H groups in total. The fourth-order valence-corrected chi connectivity index (χ4v) is 1.81. The molecule has 2 aromatic rings. The maximum absolute atomic E-state index is 13.0. The van der Waals surface area contributed by atoms with Gasteiger partial charge in [-0.2, -0.15) is 5.26 Å². The summed E-state index contributed by atoms with van der Waals surface area (Å²) in [5.74, 6) is -0.231. The van der Waals surface area contributed by atoms with Gasteiger partial charge in [0, 0.05) is 18.8 Å². The van der Waals surface area contributed by atoms with E-state index in [-0.39, 0.29) is 22.9 Å². The van der Waals surface area contributed by atoms with E-state index in [0.717, 1.165) is 11.6 Å². The third-order valence-corrected chi connectivity index (χ3v) is 2.79. The van der Waals surface area contributed by atoms with Crippen LogP contribution in [0.1, 0.15) is 11.1 Å². The maximum atomic E-state index is 13.0. The summed E-state index contributed by atoms with van der Waals surface area (Å²) in [5, 5.41) is 22.5. The Kier molecular flexibility index (Phi) is 4.41. The monoisotopic (exact) mass is 286 g/mol. The number of nitriles is 1. The standard InChI is InChI=1S/C14H11FN4O2/c15-12-3-1-2-10(6-12)4-5-17-14-13(19(20)21)7-11(8-16)9-18-14/h1-3,6-7,9H,4-5H2,(H,17,18). The van der Waals surface area contributed by atoms with Gasteiger partial charge >= 0.3 is 5.69 Å². The molecular weight excluding hydrogens is 275 g/mol. The van der Waals surface area contributed by atoms with Crippen LogP contribution in [-0.2, 0) is 6.42 Å². The van der Waals surface area contributed by atoms with Gasteiger partial charge in [-0.25, -0.2) is 9.37 Å². The number of benzene rings is 1. The zero-order chi connectivity index (χ0) is 15.2. The number of hydrogen-bond donors (Lipinski definition) is 1. The van der Waals surface area contributed by atoms with Crippen molar-refractivity contribution in [2.45, 2.75) is 6.42 Å². The topological polar surface area (TPSA) is 91.8 Å². The summed E-state index contributed by atoms with van der Waals surface area (Å²) >= 11 is 0. The number of nitro groups is 1. The third kappa shape index (κ3) is 3.73. The molecule has 7 heteroatoms. The van der Waals surface area contributed by atoms with Gasteiger partial charge in [-0.15, -0.1) is 0 Å². The number of pyridine rings is 1. The highest BCUT2D eigenvalue weighted by Gasteiger charge is 2.15. The van der Waals surface area contributed by atoms with Crippen LogP contribution in [0, 0.1) is 27.3 Å². The van der Waals surface area contributed by atoms with Crippen molar-refractivity contribution in [2.24, 2.45) is 0 Å². The smallest absolute Gasteiger partial charge is 0.312 e. The summed E-state index contributed by atoms with van der Waals surface area (Å²) in [7, 11) is 0. The molecule has 0 aliphatic heterocycles. The van der Waals surface area contributed by atoms with E-state index in [1.54, 1.807) is 18.2 Å². The van der Waals surface area contributed by atoms with Crippen molar-refractivity contribution in [2.75, 3.05) is 11.9 Å². The van der Waals surface area contributed by atoms with Gasteiger partial charge in [0.1, 0.15) is 11.9 Å². The van der Waals surface area contributed by atoms with Crippen molar-refractivity contribution in [3.63, 3.8) is 0 Å². The van der Waals surface area contributed by atoms with Crippen LogP contribution in [-0.4, -0.2) is 16.5 Å². The molecule has 0 radical (unpaired) electrons. The number of halogens is 1. The number of nitrogens with zero attached hydrogens (tertiary/aromatic N) is 3. The Morgan fingerprint density at radius 1 is 1.43 bits per heavy atom. The molecule has 0 fully saturated rings. The molecule has 1 heterocycles. The average Bonchev–Trinajstić information content (AvgIpc) is 2.47. The predicted molar refractivity (Wildman–Crippen MR) is 74.2 cm³/mol. The molecule has 106 valence electrons. The van der Waals surface area contributed by atoms with E-state index in [0.29, 0.717) is 13.0 Å². The average molecular weight is 286 g/mol. The summed E-state index contributed by atoms with van der Waals surface area (Å²) in [5.41, 5.74) is 0.643. The van der Waals surface area contributed by atoms with Crippen LogP contribution in [0.3, 0.4) is 0 Å². The number of rotatable bonds is 5. The van der Waals surface area contributed by atoms with E-state index in [2.05, 4.69) is 10.3 Å². The van der Waals surface area contributed by atoms with Crippen LogP contribution in [0.2, 0.25) is 0 Å². The molecule has 1 aromatic carbocycles. The highest BCUT2D eigenvalue weighted by molar-refractivity contribution is 5.58. The van der Waals surface area contributed by atoms with E-state index in [9.17, 15) is 14.5 Å². The highest BCUT2D eigenvalue weighted by atomic mass is 19.1. The number of aromatic nitrogens is 1. The van der Waals surface area contributed by atoms with Crippen molar-refractivity contribution in [1.29, 1.82) is 5.26 Å². The minimum Gasteiger partial charge on any atom is -0.364 e. The second-order valence-electron chi connectivity index (χ2n) is 4.27. The van der Waals surface area contributed by atoms with Crippen molar-refractivity contribution in [3.05, 3.63) is 63.6 Å². The first-order valence-corrected chi connectivity index (χ1v) is 6.13. The lowest BCUT2D eigenvalue weighted by Gasteiger charge is -2.06. The van der Waals surface area contributed by atoms with Crippen LogP contribution in [0.5, 0.6) is 0 Å². The lowest BCUT2D eigenvalue weighted by Crippen LogP contribution is -2.08. The molecule has 0 unspecified atom stereocenters. The van der Waals surface area contributed by atoms with Crippen molar-refractivity contribution >= 4 is 11.5 Å². The second-order valence-corrected chi connectivity index (χ2v) is 4.27. The first kappa shape index (κ1) is 14.4. The molecule has 2 rings (SSSR count). The zero-order valence-electron chi connectivity index (χ0n) is 10.9. The minimum atomic E-state index is -0.599. The SMILES string of the molecule is N#Cc1cnc(NCCc2cccc(F)c2)c([N+](=O)[O-])c1. The minimum absolute atomic E-state index is 0.0930. The van der Waals surface area contributed by atoms with Crippen LogP contribution >= 0.6 is 0 Å². The molecule has 0 aliphatic carbocycles. The van der Waals surface area contributed by atoms with Crippen molar-refractivity contribution in [3.8, 4) is 6.07 Å². The van der Waals surface area contributed by atoms with Crippen LogP contribution in [0.15, 0.2) is 36.5 Å². The summed E-state index contributed by atoms with van der Waals surface area (Å²) in [6.45, 7) is 0.364. The number of anilines is 1. The quantitative estimate of drug-likeness (QED) is 0.673. The van der Waals surface area contributed by atoms with Crippen LogP contribution < -0.4 is 5.32 Å². The molecule has 0 saturated heterocycles. The van der Waals surface area contributed by atoms with Crippen LogP contribution in [0.4, 0.5) is 15.9 Å². The lowest BCUT2D eigenvalue weighted by atomic mass is 10.1. The van der Waals surface area contributed by atoms with Gasteiger partial charge in [-0.3, -0.25) is 10.1 Å². The molecule has 0 bridgehead atoms. The largest absolute Gasteiger partial charge is 0.364 e. The first-order chi connectivity index (χ1) is 10.1. The summed E-state index contributed by atoms with van der Waals surface area (Å²) in [4.78, 5) is 14.2. The fourth-order valence-electron chi connectivity index (χ4n) is 1.81. The van der Waals surface area contributed by atoms with Gasteiger partial charge in [0.25, 0.3) is 0 Å². The lowest BCUT2D eigenvalue weighted by molar-refractivity contribution is -0.384. The van der Waals surface area contributed by atoms with Crippen molar-refractivity contribution in [1.82, 2.24) is 4.98 Å². The van der Waals surface area contributed by atoms with Gasteiger partial charge in [0.15, 0.2) is 0 Å². The molecule has 1 aromatic heterocycles. The normalized spacial score (nSPS) is 9.90. The Hall–Kier alpha value is -3.01. The first-order valence-electron chi connectivity index (χ1n) is 6.13. The third-order valence-electron chi connectivity index (χ3n) is 2.79.